The molecule has 3 aliphatic heterocycles. The van der Waals surface area contributed by atoms with Crippen molar-refractivity contribution in [3.8, 4) is 0 Å². The summed E-state index contributed by atoms with van der Waals surface area (Å²) in [7, 11) is 0. The van der Waals surface area contributed by atoms with E-state index in [9.17, 15) is 19.5 Å². The molecule has 0 aliphatic carbocycles. The van der Waals surface area contributed by atoms with Crippen molar-refractivity contribution in [3.63, 3.8) is 0 Å². The van der Waals surface area contributed by atoms with E-state index in [0.717, 1.165) is 0 Å². The standard InChI is InChI=1S/C25H38N2O6/c1-8-10-14-32-22(31)18-17-20(29)27(16(3)15-28)19(25(17)12-11-24(18,7)33-25)21(30)26(13-9-2)23(4,5)6/h8-9,16-19,28H,1-2,10-15H2,3-7H3/t16-,17+,18+,19?,24-,25?/m1/s1. The monoisotopic (exact) mass is 462 g/mol. The normalized spacial score (nSPS) is 33.6. The molecule has 3 fully saturated rings. The molecule has 0 radical (unpaired) electrons. The number of aliphatic hydroxyl groups is 1. The fourth-order valence-electron chi connectivity index (χ4n) is 5.87. The number of esters is 1. The van der Waals surface area contributed by atoms with Crippen molar-refractivity contribution in [3.05, 3.63) is 25.3 Å². The Hall–Kier alpha value is -2.19. The predicted octanol–water partition coefficient (Wildman–Crippen LogP) is 2.06. The van der Waals surface area contributed by atoms with E-state index in [1.165, 1.54) is 4.90 Å². The lowest BCUT2D eigenvalue weighted by Crippen LogP contribution is -2.61. The fourth-order valence-corrected chi connectivity index (χ4v) is 5.87. The van der Waals surface area contributed by atoms with Gasteiger partial charge in [-0.05, 0) is 53.9 Å². The number of hydrogen-bond donors (Lipinski definition) is 1. The Balaban J connectivity index is 2.08. The maximum atomic E-state index is 14.1. The number of aliphatic hydroxyl groups excluding tert-OH is 1. The summed E-state index contributed by atoms with van der Waals surface area (Å²) < 4.78 is 12.0. The molecule has 0 aromatic heterocycles. The molecule has 1 N–H and O–H groups in total. The Kier molecular flexibility index (Phi) is 6.84. The van der Waals surface area contributed by atoms with Crippen molar-refractivity contribution in [1.29, 1.82) is 0 Å². The Morgan fingerprint density at radius 1 is 1.33 bits per heavy atom. The number of nitrogens with zero attached hydrogens (tertiary/aromatic N) is 2. The molecule has 2 bridgehead atoms. The molecule has 2 amide bonds. The molecule has 6 atom stereocenters. The van der Waals surface area contributed by atoms with Crippen LogP contribution < -0.4 is 0 Å². The second-order valence-corrected chi connectivity index (χ2v) is 10.7. The molecule has 8 heteroatoms. The molecule has 2 unspecified atom stereocenters. The molecule has 3 heterocycles. The number of fused-ring (bicyclic) bond motifs is 1. The largest absolute Gasteiger partial charge is 0.465 e. The fraction of sp³-hybridized carbons (Fsp3) is 0.720. The Morgan fingerprint density at radius 3 is 2.55 bits per heavy atom. The van der Waals surface area contributed by atoms with Crippen LogP contribution in [0.5, 0.6) is 0 Å². The van der Waals surface area contributed by atoms with Gasteiger partial charge in [-0.15, -0.1) is 13.2 Å². The van der Waals surface area contributed by atoms with Crippen LogP contribution in [-0.2, 0) is 23.9 Å². The van der Waals surface area contributed by atoms with Crippen LogP contribution in [0.25, 0.3) is 0 Å². The van der Waals surface area contributed by atoms with Gasteiger partial charge in [-0.2, -0.15) is 0 Å². The minimum Gasteiger partial charge on any atom is -0.465 e. The second-order valence-electron chi connectivity index (χ2n) is 10.7. The molecule has 0 aromatic carbocycles. The summed E-state index contributed by atoms with van der Waals surface area (Å²) >= 11 is 0. The third-order valence-corrected chi connectivity index (χ3v) is 7.40. The first-order chi connectivity index (χ1) is 15.4. The first kappa shape index (κ1) is 25.4. The van der Waals surface area contributed by atoms with E-state index in [-0.39, 0.29) is 25.0 Å². The van der Waals surface area contributed by atoms with Crippen LogP contribution in [0.1, 0.15) is 53.9 Å². The molecular formula is C25H38N2O6. The minimum absolute atomic E-state index is 0.180. The highest BCUT2D eigenvalue weighted by Crippen LogP contribution is 2.63. The zero-order chi connectivity index (χ0) is 24.8. The molecular weight excluding hydrogens is 424 g/mol. The van der Waals surface area contributed by atoms with Gasteiger partial charge in [-0.25, -0.2) is 0 Å². The van der Waals surface area contributed by atoms with E-state index < -0.39 is 46.6 Å². The zero-order valence-electron chi connectivity index (χ0n) is 20.5. The number of carbonyl (C=O) groups is 3. The molecule has 33 heavy (non-hydrogen) atoms. The number of carbonyl (C=O) groups excluding carboxylic acids is 3. The maximum absolute atomic E-state index is 14.1. The lowest BCUT2D eigenvalue weighted by Gasteiger charge is -2.43. The number of hydrogen-bond acceptors (Lipinski definition) is 6. The number of likely N-dealkylation sites (tertiary alicyclic amines) is 1. The van der Waals surface area contributed by atoms with Gasteiger partial charge < -0.3 is 24.4 Å². The molecule has 0 saturated carbocycles. The van der Waals surface area contributed by atoms with Crippen molar-refractivity contribution < 1.29 is 29.0 Å². The highest BCUT2D eigenvalue weighted by molar-refractivity contribution is 5.99. The topological polar surface area (TPSA) is 96.4 Å². The summed E-state index contributed by atoms with van der Waals surface area (Å²) in [4.78, 5) is 44.2. The van der Waals surface area contributed by atoms with E-state index >= 15 is 0 Å². The van der Waals surface area contributed by atoms with Gasteiger partial charge in [0.05, 0.1) is 30.8 Å². The Morgan fingerprint density at radius 2 is 2.00 bits per heavy atom. The summed E-state index contributed by atoms with van der Waals surface area (Å²) in [6.45, 7) is 16.9. The van der Waals surface area contributed by atoms with E-state index in [2.05, 4.69) is 13.2 Å². The van der Waals surface area contributed by atoms with Crippen molar-refractivity contribution in [2.45, 2.75) is 82.7 Å². The van der Waals surface area contributed by atoms with Gasteiger partial charge in [-0.1, -0.05) is 12.2 Å². The van der Waals surface area contributed by atoms with Crippen molar-refractivity contribution in [1.82, 2.24) is 9.80 Å². The third-order valence-electron chi connectivity index (χ3n) is 7.40. The quantitative estimate of drug-likeness (QED) is 0.320. The van der Waals surface area contributed by atoms with Crippen LogP contribution in [0.2, 0.25) is 0 Å². The van der Waals surface area contributed by atoms with Crippen LogP contribution in [-0.4, -0.2) is 81.3 Å². The molecule has 8 nitrogen and oxygen atoms in total. The van der Waals surface area contributed by atoms with E-state index in [0.29, 0.717) is 25.8 Å². The lowest BCUT2D eigenvalue weighted by atomic mass is 9.66. The molecule has 184 valence electrons. The van der Waals surface area contributed by atoms with Crippen LogP contribution in [0.3, 0.4) is 0 Å². The summed E-state index contributed by atoms with van der Waals surface area (Å²) in [5, 5.41) is 9.94. The first-order valence-corrected chi connectivity index (χ1v) is 11.7. The summed E-state index contributed by atoms with van der Waals surface area (Å²) in [5.74, 6) is -2.72. The van der Waals surface area contributed by atoms with Crippen LogP contribution >= 0.6 is 0 Å². The van der Waals surface area contributed by atoms with Crippen LogP contribution in [0, 0.1) is 11.8 Å². The number of ether oxygens (including phenoxy) is 2. The Bertz CT molecular complexity index is 835. The highest BCUT2D eigenvalue weighted by Gasteiger charge is 2.79. The molecule has 1 spiro atoms. The number of rotatable bonds is 9. The van der Waals surface area contributed by atoms with E-state index in [1.807, 2.05) is 27.7 Å². The van der Waals surface area contributed by atoms with Crippen LogP contribution in [0.15, 0.2) is 25.3 Å². The van der Waals surface area contributed by atoms with Gasteiger partial charge in [0.2, 0.25) is 11.8 Å². The number of amides is 2. The zero-order valence-corrected chi connectivity index (χ0v) is 20.5. The first-order valence-electron chi connectivity index (χ1n) is 11.7. The minimum atomic E-state index is -1.14. The van der Waals surface area contributed by atoms with Crippen LogP contribution in [0.4, 0.5) is 0 Å². The van der Waals surface area contributed by atoms with Gasteiger partial charge in [-0.3, -0.25) is 14.4 Å². The van der Waals surface area contributed by atoms with E-state index in [1.54, 1.807) is 24.0 Å². The summed E-state index contributed by atoms with van der Waals surface area (Å²) in [6, 6.07) is -1.55. The molecule has 3 saturated heterocycles. The van der Waals surface area contributed by atoms with Gasteiger partial charge in [0, 0.05) is 12.1 Å². The third kappa shape index (κ3) is 3.91. The van der Waals surface area contributed by atoms with E-state index in [4.69, 9.17) is 9.47 Å². The van der Waals surface area contributed by atoms with Gasteiger partial charge >= 0.3 is 5.97 Å². The molecule has 0 aromatic rings. The van der Waals surface area contributed by atoms with Gasteiger partial charge in [0.25, 0.3) is 0 Å². The lowest BCUT2D eigenvalue weighted by molar-refractivity contribution is -0.162. The smallest absolute Gasteiger partial charge is 0.312 e. The highest BCUT2D eigenvalue weighted by atomic mass is 16.6. The molecule has 3 rings (SSSR count). The average molecular weight is 463 g/mol. The van der Waals surface area contributed by atoms with Gasteiger partial charge in [0.15, 0.2) is 0 Å². The van der Waals surface area contributed by atoms with Gasteiger partial charge in [0.1, 0.15) is 17.6 Å². The summed E-state index contributed by atoms with van der Waals surface area (Å²) in [5.41, 5.74) is -2.55. The average Bonchev–Trinajstić information content (AvgIpc) is 3.31. The second kappa shape index (κ2) is 8.87. The van der Waals surface area contributed by atoms with Crippen molar-refractivity contribution in [2.24, 2.45) is 11.8 Å². The Labute approximate surface area is 196 Å². The van der Waals surface area contributed by atoms with Crippen molar-refractivity contribution in [2.75, 3.05) is 19.8 Å². The maximum Gasteiger partial charge on any atom is 0.312 e. The molecule has 3 aliphatic rings. The summed E-state index contributed by atoms with van der Waals surface area (Å²) in [6.07, 6.45) is 4.85. The predicted molar refractivity (Wildman–Crippen MR) is 123 cm³/mol. The SMILES string of the molecule is C=CCCOC(=O)[C@@H]1[C@H]2C(=O)N([C@H](C)CO)C(C(=O)N(CC=C)C(C)(C)C)C23CC[C@@]1(C)O3. The van der Waals surface area contributed by atoms with Crippen molar-refractivity contribution >= 4 is 17.8 Å².